The van der Waals surface area contributed by atoms with Crippen LogP contribution in [0.25, 0.3) is 11.1 Å². The van der Waals surface area contributed by atoms with E-state index in [1.807, 2.05) is 52.0 Å². The molecule has 0 fully saturated rings. The van der Waals surface area contributed by atoms with E-state index in [-0.39, 0.29) is 49.2 Å². The number of hydrogen-bond acceptors (Lipinski definition) is 4. The Morgan fingerprint density at radius 3 is 2.03 bits per heavy atom. The average Bonchev–Trinajstić information content (AvgIpc) is 3.13. The van der Waals surface area contributed by atoms with Crippen molar-refractivity contribution >= 4 is 18.0 Å². The summed E-state index contributed by atoms with van der Waals surface area (Å²) in [5.41, 5.74) is 4.54. The number of carbonyl (C=O) groups excluding carboxylic acids is 2. The van der Waals surface area contributed by atoms with Crippen molar-refractivity contribution in [1.82, 2.24) is 10.6 Å². The molecule has 188 valence electrons. The van der Waals surface area contributed by atoms with Crippen molar-refractivity contribution in [3.8, 4) is 11.1 Å². The van der Waals surface area contributed by atoms with Crippen LogP contribution >= 0.6 is 0 Å². The summed E-state index contributed by atoms with van der Waals surface area (Å²) >= 11 is 0. The minimum Gasteiger partial charge on any atom is -0.481 e. The second-order valence-corrected chi connectivity index (χ2v) is 10.00. The number of carbonyl (C=O) groups is 3. The largest absolute Gasteiger partial charge is 0.481 e. The van der Waals surface area contributed by atoms with Gasteiger partial charge in [0.25, 0.3) is 0 Å². The number of rotatable bonds is 11. The molecule has 2 aromatic rings. The molecule has 2 aromatic carbocycles. The summed E-state index contributed by atoms with van der Waals surface area (Å²) in [7, 11) is 0. The fourth-order valence-corrected chi connectivity index (χ4v) is 4.61. The highest BCUT2D eigenvalue weighted by Gasteiger charge is 2.30. The maximum atomic E-state index is 12.9. The first kappa shape index (κ1) is 26.3. The van der Waals surface area contributed by atoms with E-state index in [9.17, 15) is 14.4 Å². The molecule has 0 bridgehead atoms. The van der Waals surface area contributed by atoms with Gasteiger partial charge in [0, 0.05) is 12.5 Å². The van der Waals surface area contributed by atoms with Gasteiger partial charge in [0.1, 0.15) is 12.6 Å². The molecule has 1 aliphatic carbocycles. The Morgan fingerprint density at radius 2 is 1.51 bits per heavy atom. The third kappa shape index (κ3) is 6.84. The van der Waals surface area contributed by atoms with Crippen LogP contribution in [0.4, 0.5) is 4.79 Å². The van der Waals surface area contributed by atoms with E-state index < -0.39 is 18.1 Å². The highest BCUT2D eigenvalue weighted by atomic mass is 16.5. The Balaban J connectivity index is 1.62. The van der Waals surface area contributed by atoms with Crippen molar-refractivity contribution in [2.75, 3.05) is 13.2 Å². The SMILES string of the molecule is CC(C)CC(NC(=O)OCC1c2ccccc2-c2ccccc21)C(=O)NCC(CC(=O)O)C(C)C. The van der Waals surface area contributed by atoms with Gasteiger partial charge < -0.3 is 20.5 Å². The Hall–Kier alpha value is -3.35. The number of hydrogen-bond donors (Lipinski definition) is 3. The topological polar surface area (TPSA) is 105 Å². The fraction of sp³-hybridized carbons (Fsp3) is 0.464. The lowest BCUT2D eigenvalue weighted by Gasteiger charge is -2.24. The van der Waals surface area contributed by atoms with Gasteiger partial charge in [-0.15, -0.1) is 0 Å². The first-order chi connectivity index (χ1) is 16.7. The standard InChI is InChI=1S/C28H36N2O5/c1-17(2)13-25(27(33)29-15-19(18(3)4)14-26(31)32)30-28(34)35-16-24-22-11-7-5-9-20(22)21-10-6-8-12-23(21)24/h5-12,17-19,24-25H,13-16H2,1-4H3,(H,29,33)(H,30,34)(H,31,32). The number of amides is 2. The number of aliphatic carboxylic acids is 1. The monoisotopic (exact) mass is 480 g/mol. The van der Waals surface area contributed by atoms with Crippen LogP contribution in [0.3, 0.4) is 0 Å². The molecule has 35 heavy (non-hydrogen) atoms. The number of nitrogens with one attached hydrogen (secondary N) is 2. The summed E-state index contributed by atoms with van der Waals surface area (Å²) in [6, 6.07) is 15.5. The second kappa shape index (κ2) is 11.9. The maximum absolute atomic E-state index is 12.9. The molecule has 3 rings (SSSR count). The van der Waals surface area contributed by atoms with Crippen LogP contribution in [0.2, 0.25) is 0 Å². The van der Waals surface area contributed by atoms with Crippen LogP contribution in [-0.4, -0.2) is 42.3 Å². The van der Waals surface area contributed by atoms with Gasteiger partial charge in [-0.3, -0.25) is 9.59 Å². The normalized spacial score (nSPS) is 14.2. The lowest BCUT2D eigenvalue weighted by atomic mass is 9.92. The molecule has 2 unspecified atom stereocenters. The van der Waals surface area contributed by atoms with Crippen LogP contribution in [0, 0.1) is 17.8 Å². The highest BCUT2D eigenvalue weighted by Crippen LogP contribution is 2.44. The number of benzene rings is 2. The minimum absolute atomic E-state index is 0.0212. The molecular weight excluding hydrogens is 444 g/mol. The Kier molecular flexibility index (Phi) is 8.90. The van der Waals surface area contributed by atoms with Crippen molar-refractivity contribution in [3.63, 3.8) is 0 Å². The second-order valence-electron chi connectivity index (χ2n) is 10.00. The van der Waals surface area contributed by atoms with Crippen molar-refractivity contribution in [3.05, 3.63) is 59.7 Å². The predicted molar refractivity (Wildman–Crippen MR) is 135 cm³/mol. The molecule has 2 atom stereocenters. The van der Waals surface area contributed by atoms with Crippen LogP contribution in [0.5, 0.6) is 0 Å². The van der Waals surface area contributed by atoms with Crippen LogP contribution in [0.15, 0.2) is 48.5 Å². The molecule has 0 radical (unpaired) electrons. The summed E-state index contributed by atoms with van der Waals surface area (Å²) < 4.78 is 5.61. The summed E-state index contributed by atoms with van der Waals surface area (Å²) in [4.78, 5) is 36.7. The predicted octanol–water partition coefficient (Wildman–Crippen LogP) is 4.80. The van der Waals surface area contributed by atoms with E-state index in [0.29, 0.717) is 6.42 Å². The summed E-state index contributed by atoms with van der Waals surface area (Å²) in [6.07, 6.45) is -0.216. The smallest absolute Gasteiger partial charge is 0.407 e. The van der Waals surface area contributed by atoms with Gasteiger partial charge in [-0.05, 0) is 46.4 Å². The van der Waals surface area contributed by atoms with Crippen molar-refractivity contribution in [1.29, 1.82) is 0 Å². The lowest BCUT2D eigenvalue weighted by Crippen LogP contribution is -2.49. The molecule has 1 aliphatic rings. The zero-order chi connectivity index (χ0) is 25.5. The minimum atomic E-state index is -0.895. The van der Waals surface area contributed by atoms with Crippen molar-refractivity contribution in [2.24, 2.45) is 17.8 Å². The zero-order valence-electron chi connectivity index (χ0n) is 20.9. The quantitative estimate of drug-likeness (QED) is 0.428. The number of carboxylic acid groups (broad SMARTS) is 1. The third-order valence-electron chi connectivity index (χ3n) is 6.58. The molecule has 0 spiro atoms. The van der Waals surface area contributed by atoms with E-state index in [0.717, 1.165) is 22.3 Å². The first-order valence-electron chi connectivity index (χ1n) is 12.3. The van der Waals surface area contributed by atoms with E-state index in [1.54, 1.807) is 0 Å². The molecule has 3 N–H and O–H groups in total. The van der Waals surface area contributed by atoms with E-state index in [4.69, 9.17) is 9.84 Å². The Morgan fingerprint density at radius 1 is 0.943 bits per heavy atom. The van der Waals surface area contributed by atoms with Crippen molar-refractivity contribution in [2.45, 2.75) is 52.5 Å². The average molecular weight is 481 g/mol. The summed E-state index contributed by atoms with van der Waals surface area (Å²) in [5.74, 6) is -1.21. The molecule has 7 nitrogen and oxygen atoms in total. The van der Waals surface area contributed by atoms with Gasteiger partial charge >= 0.3 is 12.1 Å². The van der Waals surface area contributed by atoms with E-state index in [2.05, 4.69) is 34.9 Å². The van der Waals surface area contributed by atoms with Gasteiger partial charge in [-0.25, -0.2) is 4.79 Å². The number of fused-ring (bicyclic) bond motifs is 3. The van der Waals surface area contributed by atoms with Crippen LogP contribution < -0.4 is 10.6 Å². The molecule has 0 saturated heterocycles. The van der Waals surface area contributed by atoms with Crippen LogP contribution in [-0.2, 0) is 14.3 Å². The van der Waals surface area contributed by atoms with E-state index >= 15 is 0 Å². The van der Waals surface area contributed by atoms with Gasteiger partial charge in [-0.1, -0.05) is 76.2 Å². The van der Waals surface area contributed by atoms with Gasteiger partial charge in [-0.2, -0.15) is 0 Å². The molecule has 2 amide bonds. The van der Waals surface area contributed by atoms with Gasteiger partial charge in [0.15, 0.2) is 0 Å². The summed E-state index contributed by atoms with van der Waals surface area (Å²) in [5, 5.41) is 14.7. The summed E-state index contributed by atoms with van der Waals surface area (Å²) in [6.45, 7) is 8.22. The zero-order valence-corrected chi connectivity index (χ0v) is 20.9. The Bertz CT molecular complexity index is 1000. The molecule has 0 aromatic heterocycles. The molecule has 0 heterocycles. The van der Waals surface area contributed by atoms with Gasteiger partial charge in [0.2, 0.25) is 5.91 Å². The molecule has 7 heteroatoms. The van der Waals surface area contributed by atoms with E-state index in [1.165, 1.54) is 0 Å². The molecule has 0 aliphatic heterocycles. The molecular formula is C28H36N2O5. The third-order valence-corrected chi connectivity index (χ3v) is 6.58. The van der Waals surface area contributed by atoms with Crippen LogP contribution in [0.1, 0.15) is 57.6 Å². The highest BCUT2D eigenvalue weighted by molar-refractivity contribution is 5.85. The number of ether oxygens (including phenoxy) is 1. The maximum Gasteiger partial charge on any atom is 0.407 e. The number of carboxylic acids is 1. The fourth-order valence-electron chi connectivity index (χ4n) is 4.61. The molecule has 0 saturated carbocycles. The Labute approximate surface area is 207 Å². The first-order valence-corrected chi connectivity index (χ1v) is 12.3. The van der Waals surface area contributed by atoms with Gasteiger partial charge in [0.05, 0.1) is 6.42 Å². The van der Waals surface area contributed by atoms with Crippen molar-refractivity contribution < 1.29 is 24.2 Å². The number of alkyl carbamates (subject to hydrolysis) is 1. The lowest BCUT2D eigenvalue weighted by molar-refractivity contribution is -0.138.